The van der Waals surface area contributed by atoms with E-state index in [1.54, 1.807) is 16.8 Å². The van der Waals surface area contributed by atoms with E-state index in [9.17, 15) is 9.18 Å². The van der Waals surface area contributed by atoms with Gasteiger partial charge in [0.2, 0.25) is 5.95 Å². The molecule has 29 heavy (non-hydrogen) atoms. The van der Waals surface area contributed by atoms with Gasteiger partial charge in [-0.05, 0) is 49.4 Å². The molecule has 3 aromatic rings. The van der Waals surface area contributed by atoms with Crippen LogP contribution in [0.25, 0.3) is 0 Å². The lowest BCUT2D eigenvalue weighted by molar-refractivity contribution is -0.116. The number of ketones is 1. The Balaban J connectivity index is 1.60. The van der Waals surface area contributed by atoms with Gasteiger partial charge in [-0.1, -0.05) is 42.0 Å². The second-order valence-electron chi connectivity index (χ2n) is 7.84. The highest BCUT2D eigenvalue weighted by molar-refractivity contribution is 6.00. The Hall–Kier alpha value is -3.28. The molecule has 2 atom stereocenters. The Bertz CT molecular complexity index is 1130. The van der Waals surface area contributed by atoms with Crippen LogP contribution in [0.2, 0.25) is 0 Å². The molecule has 146 valence electrons. The maximum atomic E-state index is 13.5. The molecule has 0 bridgehead atoms. The Kier molecular flexibility index (Phi) is 4.08. The minimum atomic E-state index is -0.394. The SMILES string of the molecule is Cc1ccc(C2CC(=O)C3=C(C2)Nc2nc(C)nn2C3c2ccc(F)cc2)cc1. The fourth-order valence-electron chi connectivity index (χ4n) is 4.35. The van der Waals surface area contributed by atoms with Gasteiger partial charge in [0.1, 0.15) is 17.7 Å². The molecule has 2 aromatic carbocycles. The Morgan fingerprint density at radius 2 is 1.69 bits per heavy atom. The zero-order valence-electron chi connectivity index (χ0n) is 16.3. The highest BCUT2D eigenvalue weighted by Crippen LogP contribution is 2.43. The van der Waals surface area contributed by atoms with Crippen LogP contribution in [0.4, 0.5) is 10.3 Å². The number of Topliss-reactive ketones (excluding diaryl/α,β-unsaturated/α-hetero) is 1. The van der Waals surface area contributed by atoms with Crippen LogP contribution in [0.15, 0.2) is 59.8 Å². The third-order valence-electron chi connectivity index (χ3n) is 5.76. The van der Waals surface area contributed by atoms with Crippen LogP contribution in [-0.2, 0) is 4.79 Å². The van der Waals surface area contributed by atoms with Crippen LogP contribution >= 0.6 is 0 Å². The van der Waals surface area contributed by atoms with Crippen molar-refractivity contribution in [3.63, 3.8) is 0 Å². The predicted molar refractivity (Wildman–Crippen MR) is 108 cm³/mol. The van der Waals surface area contributed by atoms with Gasteiger partial charge in [0.25, 0.3) is 0 Å². The molecule has 2 aliphatic rings. The van der Waals surface area contributed by atoms with E-state index < -0.39 is 6.04 Å². The highest BCUT2D eigenvalue weighted by atomic mass is 19.1. The first-order valence-corrected chi connectivity index (χ1v) is 9.78. The van der Waals surface area contributed by atoms with Crippen molar-refractivity contribution in [2.45, 2.75) is 38.6 Å². The summed E-state index contributed by atoms with van der Waals surface area (Å²) in [4.78, 5) is 17.8. The number of carbonyl (C=O) groups is 1. The van der Waals surface area contributed by atoms with E-state index in [4.69, 9.17) is 0 Å². The smallest absolute Gasteiger partial charge is 0.226 e. The number of aryl methyl sites for hydroxylation is 2. The second kappa shape index (κ2) is 6.65. The van der Waals surface area contributed by atoms with Crippen molar-refractivity contribution in [1.82, 2.24) is 14.8 Å². The normalized spacial score (nSPS) is 20.9. The van der Waals surface area contributed by atoms with E-state index in [0.717, 1.165) is 17.7 Å². The fraction of sp³-hybridized carbons (Fsp3) is 0.261. The standard InChI is InChI=1S/C23H21FN4O/c1-13-3-5-15(6-4-13)17-11-19-21(20(29)12-17)22(16-7-9-18(24)10-8-16)28-23(26-19)25-14(2)27-28/h3-10,17,22H,11-12H2,1-2H3,(H,25,26,27). The molecular formula is C23H21FN4O. The maximum absolute atomic E-state index is 13.5. The lowest BCUT2D eigenvalue weighted by Gasteiger charge is -2.35. The molecule has 0 spiro atoms. The first-order valence-electron chi connectivity index (χ1n) is 9.78. The van der Waals surface area contributed by atoms with Crippen molar-refractivity contribution < 1.29 is 9.18 Å². The van der Waals surface area contributed by atoms with Gasteiger partial charge < -0.3 is 5.32 Å². The van der Waals surface area contributed by atoms with E-state index in [1.165, 1.54) is 23.3 Å². The van der Waals surface area contributed by atoms with Crippen LogP contribution in [0.3, 0.4) is 0 Å². The summed E-state index contributed by atoms with van der Waals surface area (Å²) in [6.07, 6.45) is 1.18. The summed E-state index contributed by atoms with van der Waals surface area (Å²) in [7, 11) is 0. The summed E-state index contributed by atoms with van der Waals surface area (Å²) in [6.45, 7) is 3.88. The summed E-state index contributed by atoms with van der Waals surface area (Å²) >= 11 is 0. The van der Waals surface area contributed by atoms with Crippen molar-refractivity contribution in [2.24, 2.45) is 0 Å². The quantitative estimate of drug-likeness (QED) is 0.705. The van der Waals surface area contributed by atoms with Crippen molar-refractivity contribution in [3.8, 4) is 0 Å². The Morgan fingerprint density at radius 3 is 2.41 bits per heavy atom. The van der Waals surface area contributed by atoms with Gasteiger partial charge in [-0.15, -0.1) is 0 Å². The summed E-state index contributed by atoms with van der Waals surface area (Å²) in [6, 6.07) is 14.3. The fourth-order valence-corrected chi connectivity index (χ4v) is 4.35. The van der Waals surface area contributed by atoms with Crippen molar-refractivity contribution in [2.75, 3.05) is 5.32 Å². The van der Waals surface area contributed by atoms with Crippen LogP contribution in [0.5, 0.6) is 0 Å². The zero-order valence-corrected chi connectivity index (χ0v) is 16.3. The minimum absolute atomic E-state index is 0.0949. The predicted octanol–water partition coefficient (Wildman–Crippen LogP) is 4.45. The highest BCUT2D eigenvalue weighted by Gasteiger charge is 2.39. The summed E-state index contributed by atoms with van der Waals surface area (Å²) in [5.41, 5.74) is 4.79. The van der Waals surface area contributed by atoms with E-state index >= 15 is 0 Å². The molecule has 1 N–H and O–H groups in total. The van der Waals surface area contributed by atoms with Gasteiger partial charge in [-0.2, -0.15) is 10.1 Å². The third kappa shape index (κ3) is 3.05. The van der Waals surface area contributed by atoms with Crippen molar-refractivity contribution in [3.05, 3.63) is 88.1 Å². The molecule has 0 saturated carbocycles. The number of allylic oxidation sites excluding steroid dienone is 2. The lowest BCUT2D eigenvalue weighted by atomic mass is 9.78. The largest absolute Gasteiger partial charge is 0.328 e. The average molecular weight is 388 g/mol. The molecule has 1 aliphatic carbocycles. The second-order valence-corrected chi connectivity index (χ2v) is 7.84. The number of nitrogens with zero attached hydrogens (tertiary/aromatic N) is 3. The molecule has 0 radical (unpaired) electrons. The molecule has 0 amide bonds. The van der Waals surface area contributed by atoms with E-state index in [2.05, 4.69) is 46.6 Å². The zero-order chi connectivity index (χ0) is 20.1. The first-order chi connectivity index (χ1) is 14.0. The van der Waals surface area contributed by atoms with Crippen LogP contribution in [0.1, 0.15) is 47.3 Å². The molecule has 1 aliphatic heterocycles. The number of hydrogen-bond donors (Lipinski definition) is 1. The number of benzene rings is 2. The molecule has 2 unspecified atom stereocenters. The summed E-state index contributed by atoms with van der Waals surface area (Å²) in [5.74, 6) is 1.16. The number of aromatic nitrogens is 3. The van der Waals surface area contributed by atoms with Crippen molar-refractivity contribution in [1.29, 1.82) is 0 Å². The number of anilines is 1. The lowest BCUT2D eigenvalue weighted by Crippen LogP contribution is -2.33. The monoisotopic (exact) mass is 388 g/mol. The molecule has 0 saturated heterocycles. The number of nitrogens with one attached hydrogen (secondary N) is 1. The topological polar surface area (TPSA) is 59.8 Å². The van der Waals surface area contributed by atoms with Crippen LogP contribution < -0.4 is 5.32 Å². The minimum Gasteiger partial charge on any atom is -0.328 e. The number of fused-ring (bicyclic) bond motifs is 1. The molecule has 2 heterocycles. The molecule has 1 aromatic heterocycles. The molecule has 0 fully saturated rings. The molecule has 6 heteroatoms. The number of halogens is 1. The van der Waals surface area contributed by atoms with Gasteiger partial charge in [0, 0.05) is 17.7 Å². The average Bonchev–Trinajstić information content (AvgIpc) is 3.07. The number of carbonyl (C=O) groups excluding carboxylic acids is 1. The van der Waals surface area contributed by atoms with Gasteiger partial charge in [0.05, 0.1) is 0 Å². The first kappa shape index (κ1) is 17.8. The molecule has 5 rings (SSSR count). The maximum Gasteiger partial charge on any atom is 0.226 e. The van der Waals surface area contributed by atoms with Gasteiger partial charge >= 0.3 is 0 Å². The van der Waals surface area contributed by atoms with E-state index in [0.29, 0.717) is 23.8 Å². The molecule has 5 nitrogen and oxygen atoms in total. The van der Waals surface area contributed by atoms with Crippen molar-refractivity contribution >= 4 is 11.7 Å². The van der Waals surface area contributed by atoms with Crippen LogP contribution in [-0.4, -0.2) is 20.5 Å². The Morgan fingerprint density at radius 1 is 1.00 bits per heavy atom. The molecular weight excluding hydrogens is 367 g/mol. The summed E-state index contributed by atoms with van der Waals surface area (Å²) < 4.78 is 15.2. The van der Waals surface area contributed by atoms with Gasteiger partial charge in [0.15, 0.2) is 5.78 Å². The van der Waals surface area contributed by atoms with Gasteiger partial charge in [-0.3, -0.25) is 4.79 Å². The Labute approximate surface area is 168 Å². The summed E-state index contributed by atoms with van der Waals surface area (Å²) in [5, 5.41) is 7.85. The van der Waals surface area contributed by atoms with Crippen LogP contribution in [0, 0.1) is 19.7 Å². The number of rotatable bonds is 2. The van der Waals surface area contributed by atoms with E-state index in [1.807, 2.05) is 6.92 Å². The number of hydrogen-bond acceptors (Lipinski definition) is 4. The third-order valence-corrected chi connectivity index (χ3v) is 5.76. The van der Waals surface area contributed by atoms with E-state index in [-0.39, 0.29) is 17.5 Å². The van der Waals surface area contributed by atoms with Gasteiger partial charge in [-0.25, -0.2) is 9.07 Å².